The van der Waals surface area contributed by atoms with Crippen molar-refractivity contribution < 1.29 is 14.3 Å². The molecule has 0 aromatic heterocycles. The van der Waals surface area contributed by atoms with E-state index in [4.69, 9.17) is 11.6 Å². The summed E-state index contributed by atoms with van der Waals surface area (Å²) in [5, 5.41) is 14.2. The first kappa shape index (κ1) is 18.8. The number of amides is 1. The van der Waals surface area contributed by atoms with Crippen LogP contribution in [0.1, 0.15) is 31.0 Å². The van der Waals surface area contributed by atoms with E-state index in [2.05, 4.69) is 5.32 Å². The molecular weight excluding hydrogens is 355 g/mol. The van der Waals surface area contributed by atoms with Crippen LogP contribution in [0.2, 0.25) is 5.02 Å². The van der Waals surface area contributed by atoms with Gasteiger partial charge in [0.25, 0.3) is 0 Å². The van der Waals surface area contributed by atoms with E-state index in [-0.39, 0.29) is 18.1 Å². The molecule has 138 valence electrons. The number of carbonyl (C=O) groups is 1. The average molecular weight is 377 g/mol. The summed E-state index contributed by atoms with van der Waals surface area (Å²) in [6, 6.07) is 10.9. The lowest BCUT2D eigenvalue weighted by atomic mass is 9.86. The molecule has 1 amide bonds. The van der Waals surface area contributed by atoms with Gasteiger partial charge in [-0.3, -0.25) is 9.69 Å². The van der Waals surface area contributed by atoms with E-state index in [1.165, 1.54) is 11.0 Å². The lowest BCUT2D eigenvalue weighted by molar-refractivity contribution is -0.123. The molecule has 2 N–H and O–H groups in total. The second-order valence-electron chi connectivity index (χ2n) is 7.06. The molecule has 2 atom stereocenters. The number of hydrogen-bond acceptors (Lipinski definition) is 3. The van der Waals surface area contributed by atoms with Crippen LogP contribution in [0, 0.1) is 5.82 Å². The smallest absolute Gasteiger partial charge is 0.237 e. The molecule has 0 saturated heterocycles. The molecule has 0 bridgehead atoms. The SMILES string of the molecule is CNCC(O)[C@H](c1cccc(Cl)c1)N1C(=O)C(C)(C)c2cccc(F)c21. The molecule has 0 fully saturated rings. The Hall–Kier alpha value is -1.95. The highest BCUT2D eigenvalue weighted by Crippen LogP contribution is 2.47. The number of halogens is 2. The first-order valence-electron chi connectivity index (χ1n) is 8.49. The Balaban J connectivity index is 2.20. The zero-order chi connectivity index (χ0) is 19.1. The highest BCUT2D eigenvalue weighted by Gasteiger charge is 2.49. The van der Waals surface area contributed by atoms with Crippen LogP contribution in [-0.4, -0.2) is 30.7 Å². The minimum Gasteiger partial charge on any atom is -0.389 e. The molecule has 3 rings (SSSR count). The van der Waals surface area contributed by atoms with E-state index in [9.17, 15) is 14.3 Å². The molecule has 0 radical (unpaired) electrons. The van der Waals surface area contributed by atoms with Gasteiger partial charge in [0.05, 0.1) is 23.2 Å². The predicted octanol–water partition coefficient (Wildman–Crippen LogP) is 3.42. The molecule has 26 heavy (non-hydrogen) atoms. The van der Waals surface area contributed by atoms with Crippen molar-refractivity contribution in [1.29, 1.82) is 0 Å². The Morgan fingerprint density at radius 3 is 2.62 bits per heavy atom. The summed E-state index contributed by atoms with van der Waals surface area (Å²) in [5.41, 5.74) is 0.613. The van der Waals surface area contributed by atoms with Crippen molar-refractivity contribution in [3.05, 3.63) is 64.4 Å². The van der Waals surface area contributed by atoms with Gasteiger partial charge in [-0.1, -0.05) is 35.9 Å². The fraction of sp³-hybridized carbons (Fsp3) is 0.350. The number of carbonyl (C=O) groups excluding carboxylic acids is 1. The Bertz CT molecular complexity index is 840. The lowest BCUT2D eigenvalue weighted by Gasteiger charge is -2.34. The number of rotatable bonds is 5. The van der Waals surface area contributed by atoms with Gasteiger partial charge in [0.15, 0.2) is 0 Å². The molecule has 1 heterocycles. The Morgan fingerprint density at radius 1 is 1.27 bits per heavy atom. The van der Waals surface area contributed by atoms with E-state index < -0.39 is 23.4 Å². The molecule has 0 spiro atoms. The van der Waals surface area contributed by atoms with Gasteiger partial charge in [-0.2, -0.15) is 0 Å². The van der Waals surface area contributed by atoms with Gasteiger partial charge in [0.2, 0.25) is 5.91 Å². The van der Waals surface area contributed by atoms with Crippen LogP contribution in [0.4, 0.5) is 10.1 Å². The largest absolute Gasteiger partial charge is 0.389 e. The van der Waals surface area contributed by atoms with E-state index in [1.807, 2.05) is 0 Å². The second-order valence-corrected chi connectivity index (χ2v) is 7.50. The number of fused-ring (bicyclic) bond motifs is 1. The van der Waals surface area contributed by atoms with Gasteiger partial charge in [-0.25, -0.2) is 4.39 Å². The third kappa shape index (κ3) is 3.00. The molecule has 0 saturated carbocycles. The minimum absolute atomic E-state index is 0.225. The summed E-state index contributed by atoms with van der Waals surface area (Å²) >= 11 is 6.13. The highest BCUT2D eigenvalue weighted by molar-refractivity contribution is 6.30. The number of para-hydroxylation sites is 1. The van der Waals surface area contributed by atoms with E-state index >= 15 is 0 Å². The van der Waals surface area contributed by atoms with Crippen LogP contribution < -0.4 is 10.2 Å². The molecule has 1 aliphatic rings. The maximum atomic E-state index is 14.7. The summed E-state index contributed by atoms with van der Waals surface area (Å²) < 4.78 is 14.7. The molecule has 2 aromatic carbocycles. The van der Waals surface area contributed by atoms with Crippen molar-refractivity contribution in [1.82, 2.24) is 5.32 Å². The van der Waals surface area contributed by atoms with Gasteiger partial charge >= 0.3 is 0 Å². The van der Waals surface area contributed by atoms with Crippen LogP contribution in [0.15, 0.2) is 42.5 Å². The predicted molar refractivity (Wildman–Crippen MR) is 101 cm³/mol. The van der Waals surface area contributed by atoms with Crippen LogP contribution in [-0.2, 0) is 10.2 Å². The zero-order valence-electron chi connectivity index (χ0n) is 15.0. The third-order valence-corrected chi connectivity index (χ3v) is 5.14. The summed E-state index contributed by atoms with van der Waals surface area (Å²) in [4.78, 5) is 14.6. The van der Waals surface area contributed by atoms with Crippen LogP contribution >= 0.6 is 11.6 Å². The van der Waals surface area contributed by atoms with E-state index in [1.54, 1.807) is 57.3 Å². The fourth-order valence-corrected chi connectivity index (χ4v) is 3.80. The molecule has 0 aliphatic carbocycles. The topological polar surface area (TPSA) is 52.6 Å². The second kappa shape index (κ2) is 6.99. The highest BCUT2D eigenvalue weighted by atomic mass is 35.5. The number of hydrogen-bond donors (Lipinski definition) is 2. The lowest BCUT2D eigenvalue weighted by Crippen LogP contribution is -2.45. The number of nitrogens with zero attached hydrogens (tertiary/aromatic N) is 1. The normalized spacial score (nSPS) is 17.9. The van der Waals surface area contributed by atoms with Gasteiger partial charge in [0.1, 0.15) is 5.82 Å². The van der Waals surface area contributed by atoms with Crippen molar-refractivity contribution in [3.8, 4) is 0 Å². The first-order valence-corrected chi connectivity index (χ1v) is 8.87. The number of aliphatic hydroxyl groups is 1. The molecular formula is C20H22ClFN2O2. The van der Waals surface area contributed by atoms with Crippen LogP contribution in [0.3, 0.4) is 0 Å². The van der Waals surface area contributed by atoms with Gasteiger partial charge in [0, 0.05) is 11.6 Å². The maximum absolute atomic E-state index is 14.7. The number of aliphatic hydroxyl groups excluding tert-OH is 1. The Labute approximate surface area is 157 Å². The zero-order valence-corrected chi connectivity index (χ0v) is 15.7. The molecule has 6 heteroatoms. The molecule has 1 aliphatic heterocycles. The first-order chi connectivity index (χ1) is 12.3. The van der Waals surface area contributed by atoms with Crippen molar-refractivity contribution in [2.24, 2.45) is 0 Å². The van der Waals surface area contributed by atoms with Crippen LogP contribution in [0.25, 0.3) is 0 Å². The molecule has 1 unspecified atom stereocenters. The maximum Gasteiger partial charge on any atom is 0.237 e. The standard InChI is InChI=1S/C20H22ClFN2O2/c1-20(2)14-8-5-9-15(22)18(14)24(19(20)26)17(16(25)11-23-3)12-6-4-7-13(21)10-12/h4-10,16-17,23,25H,11H2,1-3H3/t16?,17-/m0/s1. The van der Waals surface area contributed by atoms with Crippen molar-refractivity contribution in [2.45, 2.75) is 31.4 Å². The number of nitrogens with one attached hydrogen (secondary N) is 1. The van der Waals surface area contributed by atoms with E-state index in [0.717, 1.165) is 0 Å². The fourth-order valence-electron chi connectivity index (χ4n) is 3.60. The van der Waals surface area contributed by atoms with Crippen molar-refractivity contribution in [2.75, 3.05) is 18.5 Å². The third-order valence-electron chi connectivity index (χ3n) is 4.90. The quantitative estimate of drug-likeness (QED) is 0.840. The summed E-state index contributed by atoms with van der Waals surface area (Å²) in [6.07, 6.45) is -0.941. The minimum atomic E-state index is -0.941. The van der Waals surface area contributed by atoms with E-state index in [0.29, 0.717) is 16.1 Å². The summed E-state index contributed by atoms with van der Waals surface area (Å²) in [6.45, 7) is 3.78. The van der Waals surface area contributed by atoms with Gasteiger partial charge in [-0.15, -0.1) is 0 Å². The summed E-state index contributed by atoms with van der Waals surface area (Å²) in [5.74, 6) is -0.733. The molecule has 2 aromatic rings. The number of benzene rings is 2. The van der Waals surface area contributed by atoms with Crippen molar-refractivity contribution in [3.63, 3.8) is 0 Å². The van der Waals surface area contributed by atoms with Gasteiger partial charge in [-0.05, 0) is 50.2 Å². The monoisotopic (exact) mass is 376 g/mol. The number of likely N-dealkylation sites (N-methyl/N-ethyl adjacent to an activating group) is 1. The average Bonchev–Trinajstić information content (AvgIpc) is 2.78. The molecule has 4 nitrogen and oxygen atoms in total. The Kier molecular flexibility index (Phi) is 5.06. The van der Waals surface area contributed by atoms with Crippen LogP contribution in [0.5, 0.6) is 0 Å². The summed E-state index contributed by atoms with van der Waals surface area (Å²) in [7, 11) is 1.71. The van der Waals surface area contributed by atoms with Gasteiger partial charge < -0.3 is 10.4 Å². The number of anilines is 1. The Morgan fingerprint density at radius 2 is 1.96 bits per heavy atom. The van der Waals surface area contributed by atoms with Crippen molar-refractivity contribution >= 4 is 23.2 Å².